The number of aromatic amines is 1. The summed E-state index contributed by atoms with van der Waals surface area (Å²) in [5.74, 6) is 0. The molecule has 2 aromatic heterocycles. The second-order valence-corrected chi connectivity index (χ2v) is 5.42. The number of hydrogen-bond acceptors (Lipinski definition) is 3. The van der Waals surface area contributed by atoms with Crippen molar-refractivity contribution in [3.8, 4) is 0 Å². The largest absolute Gasteiger partial charge is 0.323 e. The molecule has 5 heteroatoms. The van der Waals surface area contributed by atoms with Crippen LogP contribution in [0.15, 0.2) is 16.2 Å². The van der Waals surface area contributed by atoms with Crippen molar-refractivity contribution in [3.05, 3.63) is 26.6 Å². The Labute approximate surface area is 109 Å². The summed E-state index contributed by atoms with van der Waals surface area (Å²) in [6, 6.07) is 2.07. The normalized spacial score (nSPS) is 13.1. The molecule has 0 aliphatic rings. The van der Waals surface area contributed by atoms with Gasteiger partial charge in [-0.1, -0.05) is 20.3 Å². The standard InChI is InChI=1S/C12H16N2OS2/c1-3-5-8(4-2)14-11(15)9-6-7-17-10(9)13-12(14)16/h6-8H,3-5H2,1-2H3,(H,13,16). The van der Waals surface area contributed by atoms with Crippen LogP contribution in [0.5, 0.6) is 0 Å². The van der Waals surface area contributed by atoms with E-state index in [1.165, 1.54) is 11.3 Å². The predicted octanol–water partition coefficient (Wildman–Crippen LogP) is 3.87. The summed E-state index contributed by atoms with van der Waals surface area (Å²) in [4.78, 5) is 16.4. The lowest BCUT2D eigenvalue weighted by Gasteiger charge is -2.17. The van der Waals surface area contributed by atoms with Crippen LogP contribution in [0, 0.1) is 4.77 Å². The van der Waals surface area contributed by atoms with Gasteiger partial charge in [0, 0.05) is 6.04 Å². The quantitative estimate of drug-likeness (QED) is 0.855. The van der Waals surface area contributed by atoms with Gasteiger partial charge >= 0.3 is 0 Å². The van der Waals surface area contributed by atoms with Crippen LogP contribution in [-0.2, 0) is 0 Å². The van der Waals surface area contributed by atoms with Crippen LogP contribution >= 0.6 is 23.6 Å². The Hall–Kier alpha value is -0.940. The van der Waals surface area contributed by atoms with Gasteiger partial charge in [0.15, 0.2) is 4.77 Å². The molecule has 0 saturated heterocycles. The van der Waals surface area contributed by atoms with E-state index in [0.717, 1.165) is 29.5 Å². The molecule has 2 heterocycles. The Bertz CT molecular complexity index is 623. The third kappa shape index (κ3) is 2.21. The second-order valence-electron chi connectivity index (χ2n) is 4.12. The molecule has 0 radical (unpaired) electrons. The minimum atomic E-state index is 0.0466. The third-order valence-corrected chi connectivity index (χ3v) is 4.14. The van der Waals surface area contributed by atoms with Crippen molar-refractivity contribution >= 4 is 33.8 Å². The zero-order chi connectivity index (χ0) is 12.4. The number of nitrogens with zero attached hydrogens (tertiary/aromatic N) is 1. The smallest absolute Gasteiger partial charge is 0.263 e. The van der Waals surface area contributed by atoms with E-state index in [0.29, 0.717) is 4.77 Å². The summed E-state index contributed by atoms with van der Waals surface area (Å²) < 4.78 is 2.29. The fourth-order valence-corrected chi connectivity index (χ4v) is 3.31. The van der Waals surface area contributed by atoms with Gasteiger partial charge in [0.25, 0.3) is 5.56 Å². The SMILES string of the molecule is CCCC(CC)n1c(=S)[nH]c2sccc2c1=O. The minimum absolute atomic E-state index is 0.0466. The first-order valence-electron chi connectivity index (χ1n) is 5.91. The van der Waals surface area contributed by atoms with Crippen LogP contribution < -0.4 is 5.56 Å². The van der Waals surface area contributed by atoms with Gasteiger partial charge in [-0.25, -0.2) is 0 Å². The van der Waals surface area contributed by atoms with Crippen LogP contribution in [0.1, 0.15) is 39.2 Å². The van der Waals surface area contributed by atoms with Gasteiger partial charge in [0.1, 0.15) is 4.83 Å². The molecule has 0 aliphatic carbocycles. The number of fused-ring (bicyclic) bond motifs is 1. The highest BCUT2D eigenvalue weighted by atomic mass is 32.1. The van der Waals surface area contributed by atoms with Crippen molar-refractivity contribution in [3.63, 3.8) is 0 Å². The summed E-state index contributed by atoms with van der Waals surface area (Å²) in [7, 11) is 0. The molecule has 92 valence electrons. The van der Waals surface area contributed by atoms with Gasteiger partial charge in [-0.15, -0.1) is 11.3 Å². The Morgan fingerprint density at radius 1 is 1.53 bits per heavy atom. The maximum absolute atomic E-state index is 12.4. The van der Waals surface area contributed by atoms with Crippen LogP contribution in [0.3, 0.4) is 0 Å². The second kappa shape index (κ2) is 5.14. The van der Waals surface area contributed by atoms with E-state index in [1.54, 1.807) is 4.57 Å². The number of aromatic nitrogens is 2. The predicted molar refractivity (Wildman–Crippen MR) is 75.5 cm³/mol. The van der Waals surface area contributed by atoms with Crippen molar-refractivity contribution in [1.82, 2.24) is 9.55 Å². The Morgan fingerprint density at radius 2 is 2.29 bits per heavy atom. The Morgan fingerprint density at radius 3 is 2.94 bits per heavy atom. The third-order valence-electron chi connectivity index (χ3n) is 3.01. The first-order valence-corrected chi connectivity index (χ1v) is 7.19. The highest BCUT2D eigenvalue weighted by Gasteiger charge is 2.13. The highest BCUT2D eigenvalue weighted by molar-refractivity contribution is 7.71. The molecule has 0 fully saturated rings. The fraction of sp³-hybridized carbons (Fsp3) is 0.500. The van der Waals surface area contributed by atoms with Gasteiger partial charge in [-0.05, 0) is 36.5 Å². The van der Waals surface area contributed by atoms with E-state index in [1.807, 2.05) is 11.4 Å². The molecule has 0 amide bonds. The summed E-state index contributed by atoms with van der Waals surface area (Å²) in [6.45, 7) is 4.23. The molecular weight excluding hydrogens is 252 g/mol. The molecule has 0 bridgehead atoms. The monoisotopic (exact) mass is 268 g/mol. The summed E-state index contributed by atoms with van der Waals surface area (Å²) >= 11 is 6.83. The molecule has 0 aliphatic heterocycles. The van der Waals surface area contributed by atoms with Crippen molar-refractivity contribution in [1.29, 1.82) is 0 Å². The number of rotatable bonds is 4. The maximum Gasteiger partial charge on any atom is 0.263 e. The lowest BCUT2D eigenvalue weighted by Crippen LogP contribution is -2.25. The van der Waals surface area contributed by atoms with E-state index in [4.69, 9.17) is 12.2 Å². The molecule has 2 rings (SSSR count). The minimum Gasteiger partial charge on any atom is -0.323 e. The van der Waals surface area contributed by atoms with Crippen molar-refractivity contribution in [2.24, 2.45) is 0 Å². The van der Waals surface area contributed by atoms with Crippen molar-refractivity contribution < 1.29 is 0 Å². The van der Waals surface area contributed by atoms with Gasteiger partial charge in [0.2, 0.25) is 0 Å². The number of hydrogen-bond donors (Lipinski definition) is 1. The summed E-state index contributed by atoms with van der Waals surface area (Å²) in [5.41, 5.74) is 0.0466. The molecule has 1 unspecified atom stereocenters. The lowest BCUT2D eigenvalue weighted by molar-refractivity contribution is 0.429. The molecule has 0 aromatic carbocycles. The van der Waals surface area contributed by atoms with Gasteiger partial charge in [-0.3, -0.25) is 9.36 Å². The Balaban J connectivity index is 2.67. The van der Waals surface area contributed by atoms with E-state index in [9.17, 15) is 4.79 Å². The van der Waals surface area contributed by atoms with E-state index >= 15 is 0 Å². The van der Waals surface area contributed by atoms with Crippen LogP contribution in [-0.4, -0.2) is 9.55 Å². The number of nitrogens with one attached hydrogen (secondary N) is 1. The van der Waals surface area contributed by atoms with Crippen LogP contribution in [0.2, 0.25) is 0 Å². The molecule has 3 nitrogen and oxygen atoms in total. The van der Waals surface area contributed by atoms with E-state index in [-0.39, 0.29) is 11.6 Å². The summed E-state index contributed by atoms with van der Waals surface area (Å²) in [6.07, 6.45) is 2.98. The van der Waals surface area contributed by atoms with Crippen molar-refractivity contribution in [2.75, 3.05) is 0 Å². The molecule has 0 spiro atoms. The molecule has 17 heavy (non-hydrogen) atoms. The molecule has 0 saturated carbocycles. The first kappa shape index (κ1) is 12.5. The van der Waals surface area contributed by atoms with Gasteiger partial charge < -0.3 is 4.98 Å². The first-order chi connectivity index (χ1) is 8.19. The summed E-state index contributed by atoms with van der Waals surface area (Å²) in [5, 5.41) is 2.67. The van der Waals surface area contributed by atoms with Crippen LogP contribution in [0.4, 0.5) is 0 Å². The molecule has 1 N–H and O–H groups in total. The zero-order valence-electron chi connectivity index (χ0n) is 10.0. The topological polar surface area (TPSA) is 37.8 Å². The molecular formula is C12H16N2OS2. The van der Waals surface area contributed by atoms with Crippen molar-refractivity contribution in [2.45, 2.75) is 39.2 Å². The highest BCUT2D eigenvalue weighted by Crippen LogP contribution is 2.19. The average Bonchev–Trinajstić information content (AvgIpc) is 2.76. The average molecular weight is 268 g/mol. The Kier molecular flexibility index (Phi) is 3.79. The molecule has 1 atom stereocenters. The zero-order valence-corrected chi connectivity index (χ0v) is 11.7. The maximum atomic E-state index is 12.4. The van der Waals surface area contributed by atoms with Crippen LogP contribution in [0.25, 0.3) is 10.2 Å². The van der Waals surface area contributed by atoms with E-state index < -0.39 is 0 Å². The fourth-order valence-electron chi connectivity index (χ4n) is 2.13. The number of H-pyrrole nitrogens is 1. The lowest BCUT2D eigenvalue weighted by atomic mass is 10.1. The van der Waals surface area contributed by atoms with Gasteiger partial charge in [-0.2, -0.15) is 0 Å². The number of thiophene rings is 1. The molecule has 2 aromatic rings. The van der Waals surface area contributed by atoms with Gasteiger partial charge in [0.05, 0.1) is 5.39 Å². The van der Waals surface area contributed by atoms with E-state index in [2.05, 4.69) is 18.8 Å².